The van der Waals surface area contributed by atoms with Gasteiger partial charge in [0.2, 0.25) is 0 Å². The molecule has 2 atom stereocenters. The van der Waals surface area contributed by atoms with E-state index in [-0.39, 0.29) is 0 Å². The van der Waals surface area contributed by atoms with Crippen molar-refractivity contribution in [3.63, 3.8) is 0 Å². The molecule has 0 bridgehead atoms. The van der Waals surface area contributed by atoms with E-state index in [1.54, 1.807) is 11.3 Å². The third kappa shape index (κ3) is 5.26. The van der Waals surface area contributed by atoms with Gasteiger partial charge < -0.3 is 15.4 Å². The summed E-state index contributed by atoms with van der Waals surface area (Å²) >= 11 is 1.71. The van der Waals surface area contributed by atoms with Crippen molar-refractivity contribution < 1.29 is 4.74 Å². The molecule has 1 aromatic rings. The minimum absolute atomic E-state index is 0.462. The molecule has 1 aromatic heterocycles. The molecule has 1 saturated heterocycles. The van der Waals surface area contributed by atoms with Gasteiger partial charge in [-0.1, -0.05) is 0 Å². The monoisotopic (exact) mass is 324 g/mol. The molecule has 1 aliphatic rings. The molecule has 5 nitrogen and oxygen atoms in total. The van der Waals surface area contributed by atoms with Crippen LogP contribution in [0.3, 0.4) is 0 Å². The fourth-order valence-electron chi connectivity index (χ4n) is 2.65. The summed E-state index contributed by atoms with van der Waals surface area (Å²) in [7, 11) is 0. The first-order chi connectivity index (χ1) is 10.7. The number of thiophene rings is 1. The minimum Gasteiger partial charge on any atom is -0.379 e. The third-order valence-electron chi connectivity index (χ3n) is 3.89. The van der Waals surface area contributed by atoms with Crippen LogP contribution in [0.15, 0.2) is 21.8 Å². The van der Waals surface area contributed by atoms with Gasteiger partial charge in [0.05, 0.1) is 19.8 Å². The van der Waals surface area contributed by atoms with Crippen LogP contribution in [0.2, 0.25) is 0 Å². The number of hydrogen-bond acceptors (Lipinski definition) is 4. The van der Waals surface area contributed by atoms with Crippen molar-refractivity contribution in [1.29, 1.82) is 0 Å². The van der Waals surface area contributed by atoms with E-state index in [1.807, 2.05) is 0 Å². The van der Waals surface area contributed by atoms with Gasteiger partial charge in [-0.05, 0) is 43.2 Å². The van der Waals surface area contributed by atoms with Crippen LogP contribution in [0, 0.1) is 0 Å². The Balaban J connectivity index is 1.83. The van der Waals surface area contributed by atoms with Gasteiger partial charge in [-0.2, -0.15) is 11.3 Å². The summed E-state index contributed by atoms with van der Waals surface area (Å²) in [6.45, 7) is 11.7. The Kier molecular flexibility index (Phi) is 7.15. The van der Waals surface area contributed by atoms with E-state index in [9.17, 15) is 0 Å². The predicted molar refractivity (Wildman–Crippen MR) is 93.6 cm³/mol. The molecule has 0 aliphatic carbocycles. The fraction of sp³-hybridized carbons (Fsp3) is 0.688. The van der Waals surface area contributed by atoms with Crippen molar-refractivity contribution in [2.24, 2.45) is 4.99 Å². The summed E-state index contributed by atoms with van der Waals surface area (Å²) < 4.78 is 5.51. The van der Waals surface area contributed by atoms with Crippen molar-refractivity contribution in [3.8, 4) is 0 Å². The minimum atomic E-state index is 0.462. The average Bonchev–Trinajstić information content (AvgIpc) is 3.03. The van der Waals surface area contributed by atoms with Crippen molar-refractivity contribution in [2.75, 3.05) is 32.8 Å². The van der Waals surface area contributed by atoms with E-state index in [2.05, 4.69) is 58.1 Å². The smallest absolute Gasteiger partial charge is 0.191 e. The van der Waals surface area contributed by atoms with Gasteiger partial charge >= 0.3 is 0 Å². The number of ether oxygens (including phenoxy) is 1. The lowest BCUT2D eigenvalue weighted by Crippen LogP contribution is -2.53. The lowest BCUT2D eigenvalue weighted by Gasteiger charge is -2.38. The highest BCUT2D eigenvalue weighted by molar-refractivity contribution is 7.07. The lowest BCUT2D eigenvalue weighted by molar-refractivity contribution is -0.0174. The summed E-state index contributed by atoms with van der Waals surface area (Å²) in [5.41, 5.74) is 1.26. The van der Waals surface area contributed by atoms with Crippen molar-refractivity contribution in [1.82, 2.24) is 15.5 Å². The Hall–Kier alpha value is -1.11. The van der Waals surface area contributed by atoms with E-state index < -0.39 is 0 Å². The zero-order valence-electron chi connectivity index (χ0n) is 13.8. The first-order valence-corrected chi connectivity index (χ1v) is 9.01. The highest BCUT2D eigenvalue weighted by Gasteiger charge is 2.23. The maximum Gasteiger partial charge on any atom is 0.191 e. The quantitative estimate of drug-likeness (QED) is 0.620. The Morgan fingerprint density at radius 3 is 3.09 bits per heavy atom. The highest BCUT2D eigenvalue weighted by Crippen LogP contribution is 2.10. The number of morpholine rings is 1. The molecule has 2 rings (SSSR count). The Morgan fingerprint density at radius 1 is 1.55 bits per heavy atom. The van der Waals surface area contributed by atoms with E-state index in [0.717, 1.165) is 45.4 Å². The van der Waals surface area contributed by atoms with Crippen molar-refractivity contribution >= 4 is 17.3 Å². The normalized spacial score (nSPS) is 21.6. The van der Waals surface area contributed by atoms with Crippen LogP contribution in [0.1, 0.15) is 26.3 Å². The molecule has 2 N–H and O–H groups in total. The van der Waals surface area contributed by atoms with Gasteiger partial charge in [-0.3, -0.25) is 4.90 Å². The van der Waals surface area contributed by atoms with Crippen LogP contribution in [0.25, 0.3) is 0 Å². The Bertz CT molecular complexity index is 449. The largest absolute Gasteiger partial charge is 0.379 e. The molecule has 6 heteroatoms. The molecule has 2 heterocycles. The molecule has 0 amide bonds. The summed E-state index contributed by atoms with van der Waals surface area (Å²) in [5, 5.41) is 11.0. The van der Waals surface area contributed by atoms with Crippen molar-refractivity contribution in [2.45, 2.75) is 39.4 Å². The van der Waals surface area contributed by atoms with Crippen LogP contribution >= 0.6 is 11.3 Å². The van der Waals surface area contributed by atoms with Gasteiger partial charge in [-0.25, -0.2) is 4.99 Å². The van der Waals surface area contributed by atoms with Crippen LogP contribution < -0.4 is 10.6 Å². The molecular weight excluding hydrogens is 296 g/mol. The molecule has 1 aliphatic heterocycles. The number of aliphatic imine (C=N–C) groups is 1. The Labute approximate surface area is 137 Å². The van der Waals surface area contributed by atoms with Crippen molar-refractivity contribution in [3.05, 3.63) is 22.4 Å². The van der Waals surface area contributed by atoms with Gasteiger partial charge in [0, 0.05) is 31.7 Å². The van der Waals surface area contributed by atoms with E-state index >= 15 is 0 Å². The van der Waals surface area contributed by atoms with E-state index in [4.69, 9.17) is 4.74 Å². The summed E-state index contributed by atoms with van der Waals surface area (Å²) in [6.07, 6.45) is 0. The van der Waals surface area contributed by atoms with Crippen LogP contribution in [-0.4, -0.2) is 55.8 Å². The van der Waals surface area contributed by atoms with E-state index in [0.29, 0.717) is 12.1 Å². The molecule has 124 valence electrons. The number of guanidine groups is 1. The molecule has 0 radical (unpaired) electrons. The van der Waals surface area contributed by atoms with Gasteiger partial charge in [-0.15, -0.1) is 0 Å². The first kappa shape index (κ1) is 17.2. The second-order valence-electron chi connectivity index (χ2n) is 5.72. The molecule has 0 saturated carbocycles. The second kappa shape index (κ2) is 9.12. The van der Waals surface area contributed by atoms with Gasteiger partial charge in [0.25, 0.3) is 0 Å². The highest BCUT2D eigenvalue weighted by atomic mass is 32.1. The third-order valence-corrected chi connectivity index (χ3v) is 4.63. The summed E-state index contributed by atoms with van der Waals surface area (Å²) in [4.78, 5) is 7.15. The molecule has 2 unspecified atom stereocenters. The molecule has 0 spiro atoms. The SMILES string of the molecule is CCNC(=NCc1ccsc1)NCC(C)N1CCOCC1C. The Morgan fingerprint density at radius 2 is 2.41 bits per heavy atom. The molecular formula is C16H28N4OS. The van der Waals surface area contributed by atoms with Crippen LogP contribution in [-0.2, 0) is 11.3 Å². The predicted octanol–water partition coefficient (Wildman–Crippen LogP) is 1.91. The first-order valence-electron chi connectivity index (χ1n) is 8.07. The average molecular weight is 324 g/mol. The standard InChI is InChI=1S/C16H28N4OS/c1-4-17-16(19-10-15-5-8-22-12-15)18-9-13(2)20-6-7-21-11-14(20)3/h5,8,12-14H,4,6-7,9-11H2,1-3H3,(H2,17,18,19). The molecule has 1 fully saturated rings. The fourth-order valence-corrected chi connectivity index (χ4v) is 3.31. The van der Waals surface area contributed by atoms with Crippen LogP contribution in [0.5, 0.6) is 0 Å². The van der Waals surface area contributed by atoms with E-state index in [1.165, 1.54) is 5.56 Å². The van der Waals surface area contributed by atoms with Crippen LogP contribution in [0.4, 0.5) is 0 Å². The maximum atomic E-state index is 5.51. The maximum absolute atomic E-state index is 5.51. The lowest BCUT2D eigenvalue weighted by atomic mass is 10.2. The number of hydrogen-bond donors (Lipinski definition) is 2. The topological polar surface area (TPSA) is 48.9 Å². The zero-order chi connectivity index (χ0) is 15.8. The second-order valence-corrected chi connectivity index (χ2v) is 6.50. The summed E-state index contributed by atoms with van der Waals surface area (Å²) in [5.74, 6) is 0.890. The summed E-state index contributed by atoms with van der Waals surface area (Å²) in [6, 6.07) is 3.07. The number of rotatable bonds is 6. The number of nitrogens with one attached hydrogen (secondary N) is 2. The van der Waals surface area contributed by atoms with Gasteiger partial charge in [0.15, 0.2) is 5.96 Å². The molecule has 22 heavy (non-hydrogen) atoms. The molecule has 0 aromatic carbocycles. The van der Waals surface area contributed by atoms with Gasteiger partial charge in [0.1, 0.15) is 0 Å². The zero-order valence-corrected chi connectivity index (χ0v) is 14.7. The number of nitrogens with zero attached hydrogens (tertiary/aromatic N) is 2.